The first-order valence-corrected chi connectivity index (χ1v) is 15.9. The Morgan fingerprint density at radius 3 is 1.38 bits per heavy atom. The molecule has 0 amide bonds. The zero-order chi connectivity index (χ0) is 31.1. The summed E-state index contributed by atoms with van der Waals surface area (Å²) in [5.74, 6) is 0.566. The molecule has 0 rings (SSSR count). The second-order valence-electron chi connectivity index (χ2n) is 10.5. The third-order valence-corrected chi connectivity index (χ3v) is 7.06. The van der Waals surface area contributed by atoms with Crippen molar-refractivity contribution in [1.29, 1.82) is 0 Å². The van der Waals surface area contributed by atoms with Crippen molar-refractivity contribution in [3.8, 4) is 0 Å². The summed E-state index contributed by atoms with van der Waals surface area (Å²) < 4.78 is 0. The summed E-state index contributed by atoms with van der Waals surface area (Å²) in [6.07, 6.45) is 4.33. The number of nitrogens with two attached hydrogens (primary N) is 1. The highest BCUT2D eigenvalue weighted by Gasteiger charge is 2.33. The molecule has 2 atom stereocenters. The summed E-state index contributed by atoms with van der Waals surface area (Å²) in [4.78, 5) is 44.8. The molecule has 39 heavy (non-hydrogen) atoms. The average molecular weight is 600 g/mol. The fourth-order valence-electron chi connectivity index (χ4n) is 2.85. The Morgan fingerprint density at radius 2 is 1.08 bits per heavy atom. The predicted octanol–water partition coefficient (Wildman–Crippen LogP) is 2.32. The number of carbonyl (C=O) groups is 4. The van der Waals surface area contributed by atoms with E-state index in [-0.39, 0.29) is 50.5 Å². The molecule has 232 valence electrons. The van der Waals surface area contributed by atoms with E-state index >= 15 is 0 Å². The number of carboxylic acids is 1. The van der Waals surface area contributed by atoms with E-state index in [9.17, 15) is 29.4 Å². The number of thioether (sulfide) groups is 2. The fraction of sp³-hybridized carbons (Fsp3) is 0.852. The van der Waals surface area contributed by atoms with Crippen LogP contribution in [0.15, 0.2) is 0 Å². The normalized spacial score (nSPS) is 12.8. The predicted molar refractivity (Wildman–Crippen MR) is 159 cm³/mol. The smallest absolute Gasteiger partial charge is 0.303 e. The first kappa shape index (κ1) is 42.4. The molecule has 0 aliphatic rings. The lowest BCUT2D eigenvalue weighted by atomic mass is 9.84. The number of ketones is 3. The third-order valence-electron chi connectivity index (χ3n) is 5.72. The second-order valence-corrected chi connectivity index (χ2v) is 12.5. The number of hydrogen-bond donors (Lipinski definition) is 6. The van der Waals surface area contributed by atoms with Crippen molar-refractivity contribution in [2.24, 2.45) is 16.6 Å². The highest BCUT2D eigenvalue weighted by molar-refractivity contribution is 7.98. The Morgan fingerprint density at radius 1 is 0.692 bits per heavy atom. The van der Waals surface area contributed by atoms with Gasteiger partial charge in [0.2, 0.25) is 0 Å². The second kappa shape index (κ2) is 24.8. The van der Waals surface area contributed by atoms with Gasteiger partial charge in [-0.3, -0.25) is 19.2 Å². The van der Waals surface area contributed by atoms with Crippen molar-refractivity contribution in [2.75, 3.05) is 43.8 Å². The van der Waals surface area contributed by atoms with E-state index in [1.54, 1.807) is 51.2 Å². The summed E-state index contributed by atoms with van der Waals surface area (Å²) >= 11 is 3.50. The molecule has 7 N–H and O–H groups in total. The van der Waals surface area contributed by atoms with Crippen LogP contribution in [0.4, 0.5) is 0 Å². The van der Waals surface area contributed by atoms with E-state index in [0.29, 0.717) is 19.3 Å². The number of carboxylic acid groups (broad SMARTS) is 1. The molecule has 0 saturated carbocycles. The maximum atomic E-state index is 11.7. The fourth-order valence-corrected chi connectivity index (χ4v) is 3.52. The molecule has 0 spiro atoms. The summed E-state index contributed by atoms with van der Waals surface area (Å²) in [5, 5.41) is 45.7. The van der Waals surface area contributed by atoms with Gasteiger partial charge in [0.15, 0.2) is 11.6 Å². The highest BCUT2D eigenvalue weighted by atomic mass is 32.2. The standard InChI is InChI=1S/C14H26O4S.C10H18O5.C3H9NS/c1-14(2,10-15)13(18)12(17)8-4-6-11(16)7-5-9-19-3;1-10(2,6-11)9(15)7(12)4-3-5-8(13)14;1-5-3-2-4/h13,15,18H,4-10H2,1-3H3;9,11,15H,3-6H2,1-2H3,(H,13,14);2-4H2,1H3. The van der Waals surface area contributed by atoms with Gasteiger partial charge in [-0.05, 0) is 37.5 Å². The van der Waals surface area contributed by atoms with Crippen molar-refractivity contribution in [2.45, 2.75) is 91.3 Å². The number of aliphatic hydroxyl groups excluding tert-OH is 4. The van der Waals surface area contributed by atoms with E-state index in [1.165, 1.54) is 0 Å². The van der Waals surface area contributed by atoms with Crippen LogP contribution >= 0.6 is 23.5 Å². The molecule has 0 aromatic heterocycles. The van der Waals surface area contributed by atoms with E-state index in [2.05, 4.69) is 0 Å². The van der Waals surface area contributed by atoms with E-state index in [0.717, 1.165) is 24.5 Å². The Balaban J connectivity index is -0.000000576. The van der Waals surface area contributed by atoms with Crippen LogP contribution < -0.4 is 5.73 Å². The lowest BCUT2D eigenvalue weighted by molar-refractivity contribution is -0.138. The van der Waals surface area contributed by atoms with Gasteiger partial charge >= 0.3 is 5.97 Å². The highest BCUT2D eigenvalue weighted by Crippen LogP contribution is 2.22. The molecule has 10 nitrogen and oxygen atoms in total. The minimum atomic E-state index is -1.24. The minimum Gasteiger partial charge on any atom is -0.481 e. The SMILES string of the molecule is CC(C)(CO)C(O)C(=O)CCCC(=O)O.CSCCCC(=O)CCCC(=O)C(O)C(C)(C)CO.CSCCN. The van der Waals surface area contributed by atoms with Gasteiger partial charge < -0.3 is 31.3 Å². The average Bonchev–Trinajstić information content (AvgIpc) is 2.88. The zero-order valence-corrected chi connectivity index (χ0v) is 26.2. The maximum absolute atomic E-state index is 11.7. The van der Waals surface area contributed by atoms with Crippen LogP contribution in [0.3, 0.4) is 0 Å². The Hall–Kier alpha value is -1.02. The molecule has 0 saturated heterocycles. The van der Waals surface area contributed by atoms with Crippen LogP contribution in [0.1, 0.15) is 79.1 Å². The molecule has 0 bridgehead atoms. The van der Waals surface area contributed by atoms with Gasteiger partial charge in [-0.2, -0.15) is 23.5 Å². The Labute approximate surface area is 242 Å². The van der Waals surface area contributed by atoms with E-state index < -0.39 is 34.8 Å². The first-order chi connectivity index (χ1) is 18.1. The molecule has 0 radical (unpaired) electrons. The number of carbonyl (C=O) groups excluding carboxylic acids is 3. The quantitative estimate of drug-likeness (QED) is 0.112. The maximum Gasteiger partial charge on any atom is 0.303 e. The monoisotopic (exact) mass is 599 g/mol. The molecule has 2 unspecified atom stereocenters. The van der Waals surface area contributed by atoms with Gasteiger partial charge in [-0.1, -0.05) is 27.7 Å². The van der Waals surface area contributed by atoms with Crippen LogP contribution in [-0.4, -0.2) is 105 Å². The van der Waals surface area contributed by atoms with Crippen LogP contribution in [0.25, 0.3) is 0 Å². The summed E-state index contributed by atoms with van der Waals surface area (Å²) in [6.45, 7) is 6.71. The molecule has 0 heterocycles. The van der Waals surface area contributed by atoms with Gasteiger partial charge in [0.05, 0.1) is 13.2 Å². The molecule has 0 aliphatic heterocycles. The van der Waals surface area contributed by atoms with Crippen molar-refractivity contribution in [3.05, 3.63) is 0 Å². The number of aliphatic carboxylic acids is 1. The van der Waals surface area contributed by atoms with Crippen LogP contribution in [0.2, 0.25) is 0 Å². The summed E-state index contributed by atoms with van der Waals surface area (Å²) in [7, 11) is 0. The molecular formula is C27H53NO9S2. The lowest BCUT2D eigenvalue weighted by Gasteiger charge is -2.26. The Bertz CT molecular complexity index is 686. The topological polar surface area (TPSA) is 195 Å². The zero-order valence-electron chi connectivity index (χ0n) is 24.6. The first-order valence-electron chi connectivity index (χ1n) is 13.1. The van der Waals surface area contributed by atoms with Gasteiger partial charge in [-0.25, -0.2) is 0 Å². The largest absolute Gasteiger partial charge is 0.481 e. The van der Waals surface area contributed by atoms with Crippen molar-refractivity contribution in [1.82, 2.24) is 0 Å². The molecule has 0 aromatic rings. The summed E-state index contributed by atoms with van der Waals surface area (Å²) in [5.41, 5.74) is 3.42. The van der Waals surface area contributed by atoms with Gasteiger partial charge in [0.1, 0.15) is 18.0 Å². The number of hydrogen-bond acceptors (Lipinski definition) is 11. The van der Waals surface area contributed by atoms with Gasteiger partial charge in [0.25, 0.3) is 0 Å². The van der Waals surface area contributed by atoms with Crippen molar-refractivity contribution >= 4 is 46.8 Å². The summed E-state index contributed by atoms with van der Waals surface area (Å²) in [6, 6.07) is 0. The van der Waals surface area contributed by atoms with Gasteiger partial charge in [0, 0.05) is 55.2 Å². The van der Waals surface area contributed by atoms with Crippen LogP contribution in [0.5, 0.6) is 0 Å². The third kappa shape index (κ3) is 23.4. The van der Waals surface area contributed by atoms with Crippen LogP contribution in [0, 0.1) is 10.8 Å². The molecule has 0 fully saturated rings. The minimum absolute atomic E-state index is 0.0247. The molecule has 0 aromatic carbocycles. The van der Waals surface area contributed by atoms with E-state index in [4.69, 9.17) is 21.1 Å². The molecular weight excluding hydrogens is 546 g/mol. The molecule has 12 heteroatoms. The van der Waals surface area contributed by atoms with Crippen molar-refractivity contribution < 1.29 is 44.7 Å². The molecule has 0 aliphatic carbocycles. The Kier molecular flexibility index (Phi) is 26.9. The number of rotatable bonds is 20. The number of Topliss-reactive ketones (excluding diaryl/α,β-unsaturated/α-hetero) is 3. The van der Waals surface area contributed by atoms with Crippen LogP contribution in [-0.2, 0) is 19.2 Å². The van der Waals surface area contributed by atoms with E-state index in [1.807, 2.05) is 12.5 Å². The van der Waals surface area contributed by atoms with Gasteiger partial charge in [-0.15, -0.1) is 0 Å². The lowest BCUT2D eigenvalue weighted by Crippen LogP contribution is -2.39. The van der Waals surface area contributed by atoms with Crippen molar-refractivity contribution in [3.63, 3.8) is 0 Å². The number of aliphatic hydroxyl groups is 4.